The molecule has 2 N–H and O–H groups in total. The molecule has 2 aromatic rings. The lowest BCUT2D eigenvalue weighted by Gasteiger charge is -2.12. The van der Waals surface area contributed by atoms with Gasteiger partial charge in [-0.15, -0.1) is 0 Å². The van der Waals surface area contributed by atoms with Crippen molar-refractivity contribution in [1.82, 2.24) is 10.6 Å². The van der Waals surface area contributed by atoms with Crippen LogP contribution in [-0.2, 0) is 11.3 Å². The number of carbonyl (C=O) groups excluding carboxylic acids is 2. The van der Waals surface area contributed by atoms with E-state index in [1.165, 1.54) is 13.2 Å². The summed E-state index contributed by atoms with van der Waals surface area (Å²) < 4.78 is 10.2. The Morgan fingerprint density at radius 3 is 2.37 bits per heavy atom. The molecule has 0 heterocycles. The standard InChI is InChI=1S/C20H22N2O4S/c1-13(2)26-17-9-7-14(8-10-17)12-21-20(27)22-18(23)15-5-4-6-16(11-15)19(24)25-3/h4-11,13H,12H2,1-3H3,(H2,21,22,23,27). The number of hydrogen-bond donors (Lipinski definition) is 2. The lowest BCUT2D eigenvalue weighted by molar-refractivity contribution is 0.0600. The molecule has 27 heavy (non-hydrogen) atoms. The molecule has 2 aromatic carbocycles. The Morgan fingerprint density at radius 2 is 1.74 bits per heavy atom. The Kier molecular flexibility index (Phi) is 7.31. The van der Waals surface area contributed by atoms with Gasteiger partial charge in [-0.3, -0.25) is 10.1 Å². The first-order valence-corrected chi connectivity index (χ1v) is 8.83. The Labute approximate surface area is 163 Å². The highest BCUT2D eigenvalue weighted by atomic mass is 32.1. The van der Waals surface area contributed by atoms with Crippen LogP contribution in [0.15, 0.2) is 48.5 Å². The van der Waals surface area contributed by atoms with E-state index in [0.29, 0.717) is 17.7 Å². The van der Waals surface area contributed by atoms with E-state index < -0.39 is 11.9 Å². The molecule has 1 amide bonds. The number of thiocarbonyl (C=S) groups is 1. The summed E-state index contributed by atoms with van der Waals surface area (Å²) in [5, 5.41) is 5.77. The fraction of sp³-hybridized carbons (Fsp3) is 0.250. The van der Waals surface area contributed by atoms with E-state index in [1.807, 2.05) is 38.1 Å². The molecule has 0 aliphatic heterocycles. The summed E-state index contributed by atoms with van der Waals surface area (Å²) in [5.74, 6) is -0.107. The van der Waals surface area contributed by atoms with Crippen molar-refractivity contribution in [2.75, 3.05) is 7.11 Å². The maximum Gasteiger partial charge on any atom is 0.337 e. The summed E-state index contributed by atoms with van der Waals surface area (Å²) in [5.41, 5.74) is 1.61. The van der Waals surface area contributed by atoms with Gasteiger partial charge in [0.05, 0.1) is 18.8 Å². The van der Waals surface area contributed by atoms with Crippen molar-refractivity contribution in [2.45, 2.75) is 26.5 Å². The molecule has 142 valence electrons. The quantitative estimate of drug-likeness (QED) is 0.587. The number of rotatable bonds is 6. The van der Waals surface area contributed by atoms with Gasteiger partial charge in [0.25, 0.3) is 5.91 Å². The molecular weight excluding hydrogens is 364 g/mol. The van der Waals surface area contributed by atoms with Crippen LogP contribution in [0.3, 0.4) is 0 Å². The van der Waals surface area contributed by atoms with Gasteiger partial charge in [0.15, 0.2) is 5.11 Å². The highest BCUT2D eigenvalue weighted by Crippen LogP contribution is 2.13. The number of hydrogen-bond acceptors (Lipinski definition) is 5. The molecule has 0 radical (unpaired) electrons. The monoisotopic (exact) mass is 386 g/mol. The molecule has 0 spiro atoms. The van der Waals surface area contributed by atoms with Crippen molar-refractivity contribution in [2.24, 2.45) is 0 Å². The number of benzene rings is 2. The molecule has 0 aromatic heterocycles. The maximum absolute atomic E-state index is 12.3. The molecule has 2 rings (SSSR count). The van der Waals surface area contributed by atoms with Crippen molar-refractivity contribution in [3.05, 3.63) is 65.2 Å². The summed E-state index contributed by atoms with van der Waals surface area (Å²) in [4.78, 5) is 23.8. The minimum Gasteiger partial charge on any atom is -0.491 e. The average molecular weight is 386 g/mol. The highest BCUT2D eigenvalue weighted by molar-refractivity contribution is 7.80. The number of amides is 1. The van der Waals surface area contributed by atoms with Crippen molar-refractivity contribution < 1.29 is 19.1 Å². The van der Waals surface area contributed by atoms with E-state index in [0.717, 1.165) is 11.3 Å². The van der Waals surface area contributed by atoms with Gasteiger partial charge >= 0.3 is 5.97 Å². The Bertz CT molecular complexity index is 819. The molecule has 0 saturated heterocycles. The fourth-order valence-electron chi connectivity index (χ4n) is 2.27. The number of carbonyl (C=O) groups is 2. The first kappa shape index (κ1) is 20.4. The van der Waals surface area contributed by atoms with Gasteiger partial charge in [0.2, 0.25) is 0 Å². The molecule has 0 unspecified atom stereocenters. The summed E-state index contributed by atoms with van der Waals surface area (Å²) in [6, 6.07) is 13.9. The molecule has 0 saturated carbocycles. The largest absolute Gasteiger partial charge is 0.491 e. The second-order valence-corrected chi connectivity index (χ2v) is 6.43. The predicted octanol–water partition coefficient (Wildman–Crippen LogP) is 3.06. The van der Waals surface area contributed by atoms with Crippen LogP contribution in [0.1, 0.15) is 40.1 Å². The van der Waals surface area contributed by atoms with Crippen LogP contribution in [0, 0.1) is 0 Å². The van der Waals surface area contributed by atoms with Crippen LogP contribution in [0.2, 0.25) is 0 Å². The normalized spacial score (nSPS) is 10.2. The van der Waals surface area contributed by atoms with E-state index in [2.05, 4.69) is 15.4 Å². The predicted molar refractivity (Wildman–Crippen MR) is 107 cm³/mol. The summed E-state index contributed by atoms with van der Waals surface area (Å²) in [6.07, 6.45) is 0.120. The molecule has 0 aliphatic rings. The zero-order valence-corrected chi connectivity index (χ0v) is 16.3. The van der Waals surface area contributed by atoms with Gasteiger partial charge in [-0.2, -0.15) is 0 Å². The summed E-state index contributed by atoms with van der Waals surface area (Å²) >= 11 is 5.16. The van der Waals surface area contributed by atoms with E-state index in [9.17, 15) is 9.59 Å². The van der Waals surface area contributed by atoms with Crippen LogP contribution in [0.25, 0.3) is 0 Å². The van der Waals surface area contributed by atoms with Crippen LogP contribution >= 0.6 is 12.2 Å². The molecule has 7 heteroatoms. The molecule has 0 bridgehead atoms. The van der Waals surface area contributed by atoms with Crippen molar-refractivity contribution in [3.8, 4) is 5.75 Å². The van der Waals surface area contributed by atoms with Crippen molar-refractivity contribution in [3.63, 3.8) is 0 Å². The number of nitrogens with one attached hydrogen (secondary N) is 2. The minimum atomic E-state index is -0.504. The third-order valence-electron chi connectivity index (χ3n) is 3.52. The first-order chi connectivity index (χ1) is 12.9. The lowest BCUT2D eigenvalue weighted by atomic mass is 10.1. The lowest BCUT2D eigenvalue weighted by Crippen LogP contribution is -2.38. The minimum absolute atomic E-state index is 0.120. The molecule has 0 fully saturated rings. The second kappa shape index (κ2) is 9.68. The van der Waals surface area contributed by atoms with Gasteiger partial charge in [-0.25, -0.2) is 4.79 Å². The molecular formula is C20H22N2O4S. The highest BCUT2D eigenvalue weighted by Gasteiger charge is 2.11. The van der Waals surface area contributed by atoms with Gasteiger partial charge in [0.1, 0.15) is 5.75 Å². The number of esters is 1. The van der Waals surface area contributed by atoms with Gasteiger partial charge < -0.3 is 14.8 Å². The maximum atomic E-state index is 12.3. The Morgan fingerprint density at radius 1 is 1.07 bits per heavy atom. The van der Waals surface area contributed by atoms with E-state index in [4.69, 9.17) is 17.0 Å². The molecule has 6 nitrogen and oxygen atoms in total. The zero-order chi connectivity index (χ0) is 19.8. The SMILES string of the molecule is COC(=O)c1cccc(C(=O)NC(=S)NCc2ccc(OC(C)C)cc2)c1. The fourth-order valence-corrected chi connectivity index (χ4v) is 2.43. The molecule has 0 atom stereocenters. The number of ether oxygens (including phenoxy) is 2. The van der Waals surface area contributed by atoms with Crippen molar-refractivity contribution in [1.29, 1.82) is 0 Å². The zero-order valence-electron chi connectivity index (χ0n) is 15.4. The van der Waals surface area contributed by atoms with Gasteiger partial charge in [0, 0.05) is 12.1 Å². The topological polar surface area (TPSA) is 76.7 Å². The Balaban J connectivity index is 1.88. The van der Waals surface area contributed by atoms with Crippen LogP contribution < -0.4 is 15.4 Å². The van der Waals surface area contributed by atoms with Crippen molar-refractivity contribution >= 4 is 29.2 Å². The van der Waals surface area contributed by atoms with Gasteiger partial charge in [-0.1, -0.05) is 18.2 Å². The summed E-state index contributed by atoms with van der Waals surface area (Å²) in [6.45, 7) is 4.40. The van der Waals surface area contributed by atoms with Crippen LogP contribution in [-0.4, -0.2) is 30.2 Å². The van der Waals surface area contributed by atoms with E-state index in [1.54, 1.807) is 18.2 Å². The first-order valence-electron chi connectivity index (χ1n) is 8.42. The molecule has 0 aliphatic carbocycles. The number of methoxy groups -OCH3 is 1. The van der Waals surface area contributed by atoms with Crippen LogP contribution in [0.5, 0.6) is 5.75 Å². The Hall–Kier alpha value is -2.93. The summed E-state index contributed by atoms with van der Waals surface area (Å²) in [7, 11) is 1.29. The average Bonchev–Trinajstić information content (AvgIpc) is 2.66. The third-order valence-corrected chi connectivity index (χ3v) is 3.77. The van der Waals surface area contributed by atoms with E-state index >= 15 is 0 Å². The van der Waals surface area contributed by atoms with Crippen LogP contribution in [0.4, 0.5) is 0 Å². The van der Waals surface area contributed by atoms with Gasteiger partial charge in [-0.05, 0) is 62.0 Å². The second-order valence-electron chi connectivity index (χ2n) is 6.02. The smallest absolute Gasteiger partial charge is 0.337 e. The van der Waals surface area contributed by atoms with E-state index in [-0.39, 0.29) is 11.2 Å². The third kappa shape index (κ3) is 6.38.